The molecule has 1 heterocycles. The molecular weight excluding hydrogens is 366 g/mol. The van der Waals surface area contributed by atoms with Crippen LogP contribution in [0.4, 0.5) is 0 Å². The number of morpholine rings is 1. The van der Waals surface area contributed by atoms with Crippen LogP contribution in [0, 0.1) is 6.92 Å². The Morgan fingerprint density at radius 2 is 1.96 bits per heavy atom. The molecule has 1 aliphatic rings. The summed E-state index contributed by atoms with van der Waals surface area (Å²) in [4.78, 5) is 14.4. The molecule has 3 rings (SSSR count). The zero-order chi connectivity index (χ0) is 19.2. The number of aryl methyl sites for hydroxylation is 1. The summed E-state index contributed by atoms with van der Waals surface area (Å²) < 4.78 is 16.7. The fraction of sp³-hybridized carbons (Fsp3) is 0.381. The van der Waals surface area contributed by atoms with E-state index < -0.39 is 0 Å². The summed E-state index contributed by atoms with van der Waals surface area (Å²) in [6, 6.07) is 13.1. The summed E-state index contributed by atoms with van der Waals surface area (Å²) in [6.45, 7) is 3.98. The van der Waals surface area contributed by atoms with Gasteiger partial charge in [-0.3, -0.25) is 4.79 Å². The van der Waals surface area contributed by atoms with E-state index >= 15 is 0 Å². The Balaban J connectivity index is 1.51. The SMILES string of the molecule is COc1ccc(CC(=O)N2CCO[C@H](COc3ccc(Cl)c(C)c3)C2)cc1. The van der Waals surface area contributed by atoms with Gasteiger partial charge in [-0.15, -0.1) is 0 Å². The van der Waals surface area contributed by atoms with Gasteiger partial charge in [0, 0.05) is 11.6 Å². The van der Waals surface area contributed by atoms with E-state index in [-0.39, 0.29) is 12.0 Å². The van der Waals surface area contributed by atoms with Crippen LogP contribution in [0.15, 0.2) is 42.5 Å². The van der Waals surface area contributed by atoms with Crippen LogP contribution in [-0.2, 0) is 16.0 Å². The van der Waals surface area contributed by atoms with E-state index in [0.717, 1.165) is 22.6 Å². The van der Waals surface area contributed by atoms with Gasteiger partial charge < -0.3 is 19.1 Å². The summed E-state index contributed by atoms with van der Waals surface area (Å²) in [5.41, 5.74) is 1.94. The number of hydrogen-bond acceptors (Lipinski definition) is 4. The Bertz CT molecular complexity index is 778. The lowest BCUT2D eigenvalue weighted by molar-refractivity contribution is -0.139. The van der Waals surface area contributed by atoms with E-state index in [2.05, 4.69) is 0 Å². The van der Waals surface area contributed by atoms with E-state index in [9.17, 15) is 4.79 Å². The number of hydrogen-bond donors (Lipinski definition) is 0. The van der Waals surface area contributed by atoms with Gasteiger partial charge in [0.1, 0.15) is 24.2 Å². The number of nitrogens with zero attached hydrogens (tertiary/aromatic N) is 1. The van der Waals surface area contributed by atoms with Crippen LogP contribution in [0.3, 0.4) is 0 Å². The summed E-state index contributed by atoms with van der Waals surface area (Å²) in [5, 5.41) is 0.714. The molecule has 2 aromatic rings. The maximum absolute atomic E-state index is 12.6. The summed E-state index contributed by atoms with van der Waals surface area (Å²) in [5.74, 6) is 1.63. The Labute approximate surface area is 164 Å². The van der Waals surface area contributed by atoms with Gasteiger partial charge in [0.25, 0.3) is 0 Å². The van der Waals surface area contributed by atoms with Gasteiger partial charge in [0.15, 0.2) is 0 Å². The maximum atomic E-state index is 12.6. The minimum atomic E-state index is -0.144. The molecule has 2 aromatic carbocycles. The van der Waals surface area contributed by atoms with Crippen molar-refractivity contribution in [3.63, 3.8) is 0 Å². The maximum Gasteiger partial charge on any atom is 0.227 e. The molecule has 0 saturated carbocycles. The lowest BCUT2D eigenvalue weighted by Crippen LogP contribution is -2.48. The number of carbonyl (C=O) groups excluding carboxylic acids is 1. The minimum absolute atomic E-state index is 0.0933. The van der Waals surface area contributed by atoms with Gasteiger partial charge in [0.2, 0.25) is 5.91 Å². The van der Waals surface area contributed by atoms with E-state index in [1.165, 1.54) is 0 Å². The topological polar surface area (TPSA) is 48.0 Å². The minimum Gasteiger partial charge on any atom is -0.497 e. The van der Waals surface area contributed by atoms with Crippen LogP contribution in [-0.4, -0.2) is 50.3 Å². The zero-order valence-corrected chi connectivity index (χ0v) is 16.4. The molecule has 0 bridgehead atoms. The third-order valence-corrected chi connectivity index (χ3v) is 5.00. The quantitative estimate of drug-likeness (QED) is 0.758. The Morgan fingerprint density at radius 3 is 2.67 bits per heavy atom. The van der Waals surface area contributed by atoms with E-state index in [1.54, 1.807) is 7.11 Å². The Kier molecular flexibility index (Phi) is 6.58. The third-order valence-electron chi connectivity index (χ3n) is 4.57. The van der Waals surface area contributed by atoms with E-state index in [1.807, 2.05) is 54.3 Å². The number of carbonyl (C=O) groups is 1. The molecule has 0 unspecified atom stereocenters. The molecule has 5 nitrogen and oxygen atoms in total. The van der Waals surface area contributed by atoms with Crippen LogP contribution >= 0.6 is 11.6 Å². The number of rotatable bonds is 6. The van der Waals surface area contributed by atoms with Gasteiger partial charge in [-0.05, 0) is 48.4 Å². The highest BCUT2D eigenvalue weighted by Crippen LogP contribution is 2.21. The largest absolute Gasteiger partial charge is 0.497 e. The number of methoxy groups -OCH3 is 1. The normalized spacial score (nSPS) is 16.9. The van der Waals surface area contributed by atoms with Crippen molar-refractivity contribution in [3.05, 3.63) is 58.6 Å². The highest BCUT2D eigenvalue weighted by Gasteiger charge is 2.24. The molecule has 0 aliphatic carbocycles. The molecule has 1 aliphatic heterocycles. The number of halogens is 1. The van der Waals surface area contributed by atoms with Crippen LogP contribution in [0.25, 0.3) is 0 Å². The fourth-order valence-corrected chi connectivity index (χ4v) is 3.09. The van der Waals surface area contributed by atoms with Crippen molar-refractivity contribution in [2.45, 2.75) is 19.4 Å². The zero-order valence-electron chi connectivity index (χ0n) is 15.6. The lowest BCUT2D eigenvalue weighted by Gasteiger charge is -2.33. The predicted octanol–water partition coefficient (Wildman–Crippen LogP) is 3.51. The van der Waals surface area contributed by atoms with Gasteiger partial charge in [-0.1, -0.05) is 23.7 Å². The third kappa shape index (κ3) is 5.37. The van der Waals surface area contributed by atoms with Crippen LogP contribution in [0.1, 0.15) is 11.1 Å². The van der Waals surface area contributed by atoms with Crippen molar-refractivity contribution in [2.24, 2.45) is 0 Å². The summed E-state index contributed by atoms with van der Waals surface area (Å²) in [7, 11) is 1.63. The lowest BCUT2D eigenvalue weighted by atomic mass is 10.1. The monoisotopic (exact) mass is 389 g/mol. The number of amides is 1. The van der Waals surface area contributed by atoms with Gasteiger partial charge in [-0.2, -0.15) is 0 Å². The molecule has 1 atom stereocenters. The fourth-order valence-electron chi connectivity index (χ4n) is 2.97. The molecule has 1 fully saturated rings. The molecule has 27 heavy (non-hydrogen) atoms. The van der Waals surface area contributed by atoms with Crippen molar-refractivity contribution in [1.29, 1.82) is 0 Å². The molecule has 6 heteroatoms. The van der Waals surface area contributed by atoms with Crippen LogP contribution < -0.4 is 9.47 Å². The van der Waals surface area contributed by atoms with Crippen molar-refractivity contribution in [2.75, 3.05) is 33.4 Å². The Morgan fingerprint density at radius 1 is 1.22 bits per heavy atom. The number of benzene rings is 2. The van der Waals surface area contributed by atoms with Crippen molar-refractivity contribution in [1.82, 2.24) is 4.90 Å². The molecule has 0 spiro atoms. The molecule has 0 aromatic heterocycles. The molecule has 1 saturated heterocycles. The second kappa shape index (κ2) is 9.11. The number of ether oxygens (including phenoxy) is 3. The molecular formula is C21H24ClNO4. The van der Waals surface area contributed by atoms with Crippen LogP contribution in [0.2, 0.25) is 5.02 Å². The summed E-state index contributed by atoms with van der Waals surface area (Å²) in [6.07, 6.45) is 0.225. The van der Waals surface area contributed by atoms with Gasteiger partial charge >= 0.3 is 0 Å². The second-order valence-electron chi connectivity index (χ2n) is 6.58. The standard InChI is InChI=1S/C21H24ClNO4/c1-15-11-18(7-8-20(15)22)27-14-19-13-23(9-10-26-19)21(24)12-16-3-5-17(25-2)6-4-16/h3-8,11,19H,9-10,12-14H2,1-2H3/t19-/m0/s1. The molecule has 0 radical (unpaired) electrons. The average Bonchev–Trinajstić information content (AvgIpc) is 2.69. The van der Waals surface area contributed by atoms with Crippen molar-refractivity contribution in [3.8, 4) is 11.5 Å². The molecule has 1 amide bonds. The van der Waals surface area contributed by atoms with Gasteiger partial charge in [0.05, 0.1) is 26.7 Å². The second-order valence-corrected chi connectivity index (χ2v) is 6.99. The van der Waals surface area contributed by atoms with Crippen LogP contribution in [0.5, 0.6) is 11.5 Å². The highest BCUT2D eigenvalue weighted by atomic mass is 35.5. The first-order valence-electron chi connectivity index (χ1n) is 8.96. The van der Waals surface area contributed by atoms with Crippen molar-refractivity contribution >= 4 is 17.5 Å². The van der Waals surface area contributed by atoms with E-state index in [4.69, 9.17) is 25.8 Å². The van der Waals surface area contributed by atoms with Gasteiger partial charge in [-0.25, -0.2) is 0 Å². The first-order chi connectivity index (χ1) is 13.0. The first kappa shape index (κ1) is 19.5. The Hall–Kier alpha value is -2.24. The molecule has 0 N–H and O–H groups in total. The smallest absolute Gasteiger partial charge is 0.227 e. The van der Waals surface area contributed by atoms with Crippen molar-refractivity contribution < 1.29 is 19.0 Å². The van der Waals surface area contributed by atoms with E-state index in [0.29, 0.717) is 37.7 Å². The summed E-state index contributed by atoms with van der Waals surface area (Å²) >= 11 is 6.04. The highest BCUT2D eigenvalue weighted by molar-refractivity contribution is 6.31. The first-order valence-corrected chi connectivity index (χ1v) is 9.34. The molecule has 144 valence electrons. The average molecular weight is 390 g/mol. The predicted molar refractivity (Wildman–Crippen MR) is 105 cm³/mol.